The molecular weight excluding hydrogens is 355 g/mol. The number of rotatable bonds is 1. The average molecular weight is 362 g/mol. The van der Waals surface area contributed by atoms with Crippen LogP contribution < -0.4 is 0 Å². The molecule has 0 amide bonds. The van der Waals surface area contributed by atoms with Gasteiger partial charge in [-0.1, -0.05) is 0 Å². The van der Waals surface area contributed by atoms with Gasteiger partial charge in [0, 0.05) is 3.57 Å². The number of alkyl halides is 3. The zero-order valence-electron chi connectivity index (χ0n) is 8.78. The predicted octanol–water partition coefficient (Wildman–Crippen LogP) is 3.54. The molecule has 0 N–H and O–H groups in total. The van der Waals surface area contributed by atoms with Crippen molar-refractivity contribution in [2.24, 2.45) is 0 Å². The molecule has 0 spiro atoms. The van der Waals surface area contributed by atoms with Crippen LogP contribution in [0.2, 0.25) is 0 Å². The van der Waals surface area contributed by atoms with Gasteiger partial charge >= 0.3 is 12.1 Å². The number of ether oxygens (including phenoxy) is 1. The van der Waals surface area contributed by atoms with Gasteiger partial charge < -0.3 is 4.74 Å². The molecule has 0 radical (unpaired) electrons. The Morgan fingerprint density at radius 2 is 1.94 bits per heavy atom. The van der Waals surface area contributed by atoms with Crippen molar-refractivity contribution in [3.8, 4) is 0 Å². The van der Waals surface area contributed by atoms with E-state index in [2.05, 4.69) is 4.74 Å². The summed E-state index contributed by atoms with van der Waals surface area (Å²) in [4.78, 5) is 11.2. The van der Waals surface area contributed by atoms with E-state index in [1.807, 2.05) is 0 Å². The molecule has 7 heteroatoms. The molecule has 1 rings (SSSR count). The molecule has 2 nitrogen and oxygen atoms in total. The third kappa shape index (κ3) is 2.70. The molecule has 1 aromatic rings. The van der Waals surface area contributed by atoms with Crippen molar-refractivity contribution in [1.82, 2.24) is 0 Å². The second-order valence-electron chi connectivity index (χ2n) is 3.21. The summed E-state index contributed by atoms with van der Waals surface area (Å²) in [6.07, 6.45) is -4.66. The molecule has 0 atom stereocenters. The Morgan fingerprint density at radius 3 is 2.35 bits per heavy atom. The van der Waals surface area contributed by atoms with Crippen molar-refractivity contribution in [2.75, 3.05) is 7.11 Å². The van der Waals surface area contributed by atoms with E-state index >= 15 is 0 Å². The van der Waals surface area contributed by atoms with E-state index in [9.17, 15) is 22.4 Å². The van der Waals surface area contributed by atoms with Gasteiger partial charge in [-0.25, -0.2) is 9.18 Å². The number of methoxy groups -OCH3 is 1. The van der Waals surface area contributed by atoms with Crippen LogP contribution in [0.3, 0.4) is 0 Å². The van der Waals surface area contributed by atoms with Crippen LogP contribution in [-0.2, 0) is 10.9 Å². The largest absolute Gasteiger partial charge is 0.465 e. The molecule has 0 heterocycles. The molecule has 0 aliphatic rings. The Hall–Kier alpha value is -0.860. The molecular formula is C10H7F4IO2. The standard InChI is InChI=1S/C10H7F4IO2/c1-4-7(9(16)17-2)6(11)3-5(8(4)15)10(12,13)14/h3H,1-2H3. The summed E-state index contributed by atoms with van der Waals surface area (Å²) in [7, 11) is 1.03. The Bertz CT molecular complexity index is 468. The van der Waals surface area contributed by atoms with Crippen molar-refractivity contribution in [2.45, 2.75) is 13.1 Å². The van der Waals surface area contributed by atoms with Gasteiger partial charge in [0.1, 0.15) is 5.82 Å². The zero-order chi connectivity index (χ0) is 13.4. The van der Waals surface area contributed by atoms with Crippen LogP contribution in [0, 0.1) is 16.3 Å². The summed E-state index contributed by atoms with van der Waals surface area (Å²) in [6.45, 7) is 1.24. The van der Waals surface area contributed by atoms with Crippen molar-refractivity contribution in [1.29, 1.82) is 0 Å². The summed E-state index contributed by atoms with van der Waals surface area (Å²) in [5.41, 5.74) is -1.64. The number of hydrogen-bond donors (Lipinski definition) is 0. The lowest BCUT2D eigenvalue weighted by molar-refractivity contribution is -0.138. The van der Waals surface area contributed by atoms with Crippen LogP contribution in [0.4, 0.5) is 17.6 Å². The molecule has 94 valence electrons. The van der Waals surface area contributed by atoms with Crippen molar-refractivity contribution in [3.05, 3.63) is 32.1 Å². The summed E-state index contributed by atoms with van der Waals surface area (Å²) < 4.78 is 55.2. The Morgan fingerprint density at radius 1 is 1.41 bits per heavy atom. The minimum Gasteiger partial charge on any atom is -0.465 e. The first-order chi connectivity index (χ1) is 7.70. The molecule has 0 unspecified atom stereocenters. The Kier molecular flexibility index (Phi) is 4.00. The number of benzene rings is 1. The Balaban J connectivity index is 3.53. The van der Waals surface area contributed by atoms with Crippen LogP contribution in [-0.4, -0.2) is 13.1 Å². The van der Waals surface area contributed by atoms with Crippen LogP contribution in [0.5, 0.6) is 0 Å². The molecule has 1 aromatic carbocycles. The van der Waals surface area contributed by atoms with Crippen LogP contribution in [0.25, 0.3) is 0 Å². The van der Waals surface area contributed by atoms with Gasteiger partial charge in [0.15, 0.2) is 0 Å². The van der Waals surface area contributed by atoms with Gasteiger partial charge in [-0.05, 0) is 41.1 Å². The van der Waals surface area contributed by atoms with E-state index in [-0.39, 0.29) is 9.13 Å². The second-order valence-corrected chi connectivity index (χ2v) is 4.29. The van der Waals surface area contributed by atoms with E-state index in [4.69, 9.17) is 0 Å². The molecule has 0 bridgehead atoms. The fourth-order valence-corrected chi connectivity index (χ4v) is 2.04. The van der Waals surface area contributed by atoms with E-state index in [1.54, 1.807) is 0 Å². The SMILES string of the molecule is COC(=O)c1c(F)cc(C(F)(F)F)c(I)c1C. The number of hydrogen-bond acceptors (Lipinski definition) is 2. The lowest BCUT2D eigenvalue weighted by atomic mass is 10.0. The van der Waals surface area contributed by atoms with Crippen LogP contribution in [0.15, 0.2) is 6.07 Å². The highest BCUT2D eigenvalue weighted by Crippen LogP contribution is 2.36. The first kappa shape index (κ1) is 14.2. The maximum atomic E-state index is 13.5. The number of esters is 1. The maximum Gasteiger partial charge on any atom is 0.417 e. The average Bonchev–Trinajstić information content (AvgIpc) is 2.21. The predicted molar refractivity (Wildman–Crippen MR) is 60.2 cm³/mol. The summed E-state index contributed by atoms with van der Waals surface area (Å²) >= 11 is 1.43. The van der Waals surface area contributed by atoms with E-state index in [0.29, 0.717) is 6.07 Å². The van der Waals surface area contributed by atoms with Gasteiger partial charge in [0.2, 0.25) is 0 Å². The monoisotopic (exact) mass is 362 g/mol. The zero-order valence-corrected chi connectivity index (χ0v) is 10.9. The van der Waals surface area contributed by atoms with Crippen LogP contribution in [0.1, 0.15) is 21.5 Å². The summed E-state index contributed by atoms with van der Waals surface area (Å²) in [6, 6.07) is 0.307. The molecule has 0 saturated carbocycles. The van der Waals surface area contributed by atoms with Crippen LogP contribution >= 0.6 is 22.6 Å². The van der Waals surface area contributed by atoms with Gasteiger partial charge in [0.25, 0.3) is 0 Å². The molecule has 0 aliphatic carbocycles. The van der Waals surface area contributed by atoms with E-state index in [1.165, 1.54) is 29.5 Å². The van der Waals surface area contributed by atoms with Gasteiger partial charge in [-0.15, -0.1) is 0 Å². The highest BCUT2D eigenvalue weighted by molar-refractivity contribution is 14.1. The molecule has 0 aliphatic heterocycles. The second kappa shape index (κ2) is 4.79. The van der Waals surface area contributed by atoms with Crippen molar-refractivity contribution in [3.63, 3.8) is 0 Å². The molecule has 17 heavy (non-hydrogen) atoms. The highest BCUT2D eigenvalue weighted by Gasteiger charge is 2.36. The normalized spacial score (nSPS) is 11.5. The van der Waals surface area contributed by atoms with Crippen molar-refractivity contribution >= 4 is 28.6 Å². The van der Waals surface area contributed by atoms with Crippen molar-refractivity contribution < 1.29 is 27.1 Å². The number of carbonyl (C=O) groups is 1. The quantitative estimate of drug-likeness (QED) is 0.434. The smallest absolute Gasteiger partial charge is 0.417 e. The minimum absolute atomic E-state index is 0.0789. The van der Waals surface area contributed by atoms with E-state index in [0.717, 1.165) is 7.11 Å². The highest BCUT2D eigenvalue weighted by atomic mass is 127. The van der Waals surface area contributed by atoms with Gasteiger partial charge in [-0.3, -0.25) is 0 Å². The maximum absolute atomic E-state index is 13.5. The third-order valence-corrected chi connectivity index (χ3v) is 3.54. The Labute approximate surface area is 108 Å². The first-order valence-electron chi connectivity index (χ1n) is 4.34. The molecule has 0 fully saturated rings. The molecule has 0 saturated heterocycles. The first-order valence-corrected chi connectivity index (χ1v) is 5.42. The third-order valence-electron chi connectivity index (χ3n) is 2.15. The number of halogens is 5. The number of carbonyl (C=O) groups excluding carboxylic acids is 1. The lowest BCUT2D eigenvalue weighted by Crippen LogP contribution is -2.15. The van der Waals surface area contributed by atoms with Gasteiger partial charge in [-0.2, -0.15) is 13.2 Å². The fraction of sp³-hybridized carbons (Fsp3) is 0.300. The molecule has 0 aromatic heterocycles. The minimum atomic E-state index is -4.66. The van der Waals surface area contributed by atoms with Gasteiger partial charge in [0.05, 0.1) is 18.2 Å². The summed E-state index contributed by atoms with van der Waals surface area (Å²) in [5, 5.41) is 0. The lowest BCUT2D eigenvalue weighted by Gasteiger charge is -2.14. The summed E-state index contributed by atoms with van der Waals surface area (Å²) in [5.74, 6) is -2.23. The van der Waals surface area contributed by atoms with E-state index < -0.39 is 29.1 Å². The topological polar surface area (TPSA) is 26.3 Å². The fourth-order valence-electron chi connectivity index (χ4n) is 1.31.